The van der Waals surface area contributed by atoms with Gasteiger partial charge in [0.05, 0.1) is 6.61 Å². The largest absolute Gasteiger partial charge is 0.494 e. The van der Waals surface area contributed by atoms with E-state index in [9.17, 15) is 4.79 Å². The normalized spacial score (nSPS) is 11.6. The van der Waals surface area contributed by atoms with Gasteiger partial charge in [-0.15, -0.1) is 15.3 Å². The second kappa shape index (κ2) is 13.3. The maximum atomic E-state index is 12.0. The lowest BCUT2D eigenvalue weighted by molar-refractivity contribution is -0.139. The van der Waals surface area contributed by atoms with Gasteiger partial charge >= 0.3 is 5.97 Å². The number of hydrogen-bond donors (Lipinski definition) is 0. The minimum absolute atomic E-state index is 0.568. The molecule has 9 nitrogen and oxygen atoms in total. The molecule has 0 radical (unpaired) electrons. The highest BCUT2D eigenvalue weighted by atomic mass is 32.1. The van der Waals surface area contributed by atoms with Crippen molar-refractivity contribution in [2.24, 2.45) is 0 Å². The Morgan fingerprint density at radius 3 is 2.58 bits per heavy atom. The highest BCUT2D eigenvalue weighted by Gasteiger charge is 2.07. The van der Waals surface area contributed by atoms with Crippen LogP contribution in [0.2, 0.25) is 0 Å². The molecule has 0 aliphatic carbocycles. The number of carbonyl (C=O) groups is 1. The molecule has 0 spiro atoms. The number of aromatic nitrogens is 5. The van der Waals surface area contributed by atoms with Crippen LogP contribution in [0.3, 0.4) is 0 Å². The van der Waals surface area contributed by atoms with Gasteiger partial charge in [0, 0.05) is 25.4 Å². The van der Waals surface area contributed by atoms with E-state index < -0.39 is 5.97 Å². The number of hydrogen-bond acceptors (Lipinski definition) is 9. The molecule has 0 N–H and O–H groups in total. The van der Waals surface area contributed by atoms with Crippen molar-refractivity contribution in [1.82, 2.24) is 25.4 Å². The average molecular weight is 506 g/mol. The standard InChI is InChI=1S/C26H27N5O4S/c1-33-18-8-2-3-9-19-34-21-16-14-20(15-17-21)26-29-28-24(36-26)12-6-7-13-25(32)35-31-23-11-5-4-10-22(23)27-30-31/h4-7,10-17H,2-3,8-9,18-19H2,1H3/b12-6+,13-7+. The van der Waals surface area contributed by atoms with Crippen LogP contribution in [-0.4, -0.2) is 51.6 Å². The van der Waals surface area contributed by atoms with Crippen LogP contribution in [0.1, 0.15) is 30.7 Å². The maximum Gasteiger partial charge on any atom is 0.358 e. The van der Waals surface area contributed by atoms with Gasteiger partial charge in [-0.1, -0.05) is 46.9 Å². The second-order valence-electron chi connectivity index (χ2n) is 7.80. The number of benzene rings is 2. The smallest absolute Gasteiger partial charge is 0.358 e. The summed E-state index contributed by atoms with van der Waals surface area (Å²) in [4.78, 5) is 18.3. The van der Waals surface area contributed by atoms with E-state index in [1.165, 1.54) is 17.4 Å². The fourth-order valence-electron chi connectivity index (χ4n) is 3.31. The highest BCUT2D eigenvalue weighted by Crippen LogP contribution is 2.26. The number of unbranched alkanes of at least 4 members (excludes halogenated alkanes) is 3. The zero-order valence-corrected chi connectivity index (χ0v) is 20.8. The Morgan fingerprint density at radius 1 is 0.944 bits per heavy atom. The first-order chi connectivity index (χ1) is 17.7. The van der Waals surface area contributed by atoms with Crippen molar-refractivity contribution < 1.29 is 19.1 Å². The van der Waals surface area contributed by atoms with Gasteiger partial charge in [0.1, 0.15) is 26.8 Å². The molecule has 4 aromatic rings. The summed E-state index contributed by atoms with van der Waals surface area (Å²) < 4.78 is 10.9. The van der Waals surface area contributed by atoms with Crippen LogP contribution < -0.4 is 9.57 Å². The minimum atomic E-state index is -0.568. The summed E-state index contributed by atoms with van der Waals surface area (Å²) in [6.45, 7) is 1.52. The molecule has 0 saturated carbocycles. The molecule has 0 aliphatic heterocycles. The summed E-state index contributed by atoms with van der Waals surface area (Å²) in [5, 5.41) is 17.7. The lowest BCUT2D eigenvalue weighted by atomic mass is 10.2. The van der Waals surface area contributed by atoms with Gasteiger partial charge < -0.3 is 14.3 Å². The zero-order chi connectivity index (χ0) is 25.0. The zero-order valence-electron chi connectivity index (χ0n) is 19.9. The van der Waals surface area contributed by atoms with E-state index in [-0.39, 0.29) is 0 Å². The van der Waals surface area contributed by atoms with Gasteiger partial charge in [-0.05, 0) is 67.0 Å². The Morgan fingerprint density at radius 2 is 1.75 bits per heavy atom. The first-order valence-corrected chi connectivity index (χ1v) is 12.5. The minimum Gasteiger partial charge on any atom is -0.494 e. The summed E-state index contributed by atoms with van der Waals surface area (Å²) in [5.41, 5.74) is 2.23. The number of methoxy groups -OCH3 is 1. The van der Waals surface area contributed by atoms with Gasteiger partial charge in [-0.2, -0.15) is 0 Å². The Hall–Kier alpha value is -3.89. The molecule has 0 atom stereocenters. The first kappa shape index (κ1) is 25.2. The Kier molecular flexibility index (Phi) is 9.29. The third-order valence-electron chi connectivity index (χ3n) is 5.13. The second-order valence-corrected chi connectivity index (χ2v) is 8.81. The Labute approximate surface area is 213 Å². The third kappa shape index (κ3) is 7.30. The van der Waals surface area contributed by atoms with Gasteiger partial charge in [-0.3, -0.25) is 0 Å². The molecule has 4 rings (SSSR count). The molecular weight excluding hydrogens is 478 g/mol. The molecule has 0 saturated heterocycles. The third-order valence-corrected chi connectivity index (χ3v) is 6.07. The van der Waals surface area contributed by atoms with Crippen molar-refractivity contribution in [2.45, 2.75) is 25.7 Å². The topological polar surface area (TPSA) is 101 Å². The van der Waals surface area contributed by atoms with E-state index in [1.54, 1.807) is 37.5 Å². The van der Waals surface area contributed by atoms with Crippen molar-refractivity contribution in [2.75, 3.05) is 20.3 Å². The van der Waals surface area contributed by atoms with Gasteiger partial charge in [0.2, 0.25) is 0 Å². The van der Waals surface area contributed by atoms with Gasteiger partial charge in [0.15, 0.2) is 0 Å². The summed E-state index contributed by atoms with van der Waals surface area (Å²) in [5.74, 6) is 0.276. The SMILES string of the molecule is COCCCCCCOc1ccc(-c2nnc(/C=C/C=C/C(=O)On3nnc4ccccc43)s2)cc1. The van der Waals surface area contributed by atoms with Crippen LogP contribution in [0.5, 0.6) is 5.75 Å². The Bertz CT molecular complexity index is 1310. The predicted molar refractivity (Wildman–Crippen MR) is 138 cm³/mol. The molecule has 0 amide bonds. The molecule has 0 bridgehead atoms. The quantitative estimate of drug-likeness (QED) is 0.111. The van der Waals surface area contributed by atoms with Crippen LogP contribution in [0.25, 0.3) is 27.7 Å². The van der Waals surface area contributed by atoms with Crippen molar-refractivity contribution in [1.29, 1.82) is 0 Å². The molecule has 0 aliphatic rings. The number of para-hydroxylation sites is 1. The Balaban J connectivity index is 1.22. The van der Waals surface area contributed by atoms with Crippen molar-refractivity contribution in [3.63, 3.8) is 0 Å². The molecule has 10 heteroatoms. The van der Waals surface area contributed by atoms with E-state index in [4.69, 9.17) is 14.3 Å². The van der Waals surface area contributed by atoms with Crippen LogP contribution in [0.4, 0.5) is 0 Å². The fraction of sp³-hybridized carbons (Fsp3) is 0.269. The maximum absolute atomic E-state index is 12.0. The van der Waals surface area contributed by atoms with E-state index in [2.05, 4.69) is 20.5 Å². The lowest BCUT2D eigenvalue weighted by Gasteiger charge is -2.06. The molecule has 0 fully saturated rings. The summed E-state index contributed by atoms with van der Waals surface area (Å²) in [7, 11) is 1.73. The number of ether oxygens (including phenoxy) is 2. The summed E-state index contributed by atoms with van der Waals surface area (Å²) >= 11 is 1.45. The predicted octanol–water partition coefficient (Wildman–Crippen LogP) is 4.76. The van der Waals surface area contributed by atoms with Gasteiger partial charge in [-0.25, -0.2) is 4.79 Å². The number of allylic oxidation sites excluding steroid dienone is 2. The molecule has 2 heterocycles. The van der Waals surface area contributed by atoms with Crippen molar-refractivity contribution >= 4 is 34.4 Å². The van der Waals surface area contributed by atoms with Crippen LogP contribution in [0.15, 0.2) is 66.8 Å². The van der Waals surface area contributed by atoms with Crippen molar-refractivity contribution in [3.05, 3.63) is 71.8 Å². The monoisotopic (exact) mass is 505 g/mol. The molecule has 0 unspecified atom stereocenters. The highest BCUT2D eigenvalue weighted by molar-refractivity contribution is 7.15. The number of fused-ring (bicyclic) bond motifs is 1. The van der Waals surface area contributed by atoms with E-state index in [0.29, 0.717) is 17.6 Å². The number of rotatable bonds is 13. The molecular formula is C26H27N5O4S. The van der Waals surface area contributed by atoms with Crippen LogP contribution in [-0.2, 0) is 9.53 Å². The number of carbonyl (C=O) groups excluding carboxylic acids is 1. The number of nitrogens with zero attached hydrogens (tertiary/aromatic N) is 5. The summed E-state index contributed by atoms with van der Waals surface area (Å²) in [6.07, 6.45) is 10.8. The molecule has 2 aromatic carbocycles. The first-order valence-electron chi connectivity index (χ1n) is 11.7. The van der Waals surface area contributed by atoms with Crippen LogP contribution in [0, 0.1) is 0 Å². The van der Waals surface area contributed by atoms with Crippen LogP contribution >= 0.6 is 11.3 Å². The summed E-state index contributed by atoms with van der Waals surface area (Å²) in [6, 6.07) is 15.1. The van der Waals surface area contributed by atoms with Crippen molar-refractivity contribution in [3.8, 4) is 16.3 Å². The van der Waals surface area contributed by atoms with E-state index >= 15 is 0 Å². The molecule has 36 heavy (non-hydrogen) atoms. The van der Waals surface area contributed by atoms with E-state index in [0.717, 1.165) is 58.5 Å². The lowest BCUT2D eigenvalue weighted by Crippen LogP contribution is -2.18. The fourth-order valence-corrected chi connectivity index (χ4v) is 4.07. The van der Waals surface area contributed by atoms with Gasteiger partial charge in [0.25, 0.3) is 0 Å². The molecule has 2 aromatic heterocycles. The average Bonchev–Trinajstić information content (AvgIpc) is 3.54. The van der Waals surface area contributed by atoms with E-state index in [1.807, 2.05) is 36.4 Å². The molecule has 186 valence electrons.